The Morgan fingerprint density at radius 2 is 1.44 bits per heavy atom. The fourth-order valence-corrected chi connectivity index (χ4v) is 3.08. The molecule has 0 atom stereocenters. The topological polar surface area (TPSA) is 24.4 Å². The van der Waals surface area contributed by atoms with Gasteiger partial charge in [-0.2, -0.15) is 0 Å². The Hall–Kier alpha value is -2.87. The molecular weight excluding hydrogens is 304 g/mol. The number of anilines is 2. The van der Waals surface area contributed by atoms with Crippen LogP contribution in [0.25, 0.3) is 0 Å². The Morgan fingerprint density at radius 3 is 2.12 bits per heavy atom. The van der Waals surface area contributed by atoms with Gasteiger partial charge in [0.1, 0.15) is 0 Å². The fraction of sp³-hybridized carbons (Fsp3) is 0.174. The zero-order valence-electron chi connectivity index (χ0n) is 15.3. The minimum absolute atomic E-state index is 1.05. The molecule has 0 unspecified atom stereocenters. The molecule has 126 valence electrons. The van der Waals surface area contributed by atoms with Gasteiger partial charge in [-0.1, -0.05) is 48.0 Å². The van der Waals surface area contributed by atoms with Crippen LogP contribution in [0.15, 0.2) is 65.7 Å². The molecule has 0 bridgehead atoms. The maximum Gasteiger partial charge on any atom is 0.0688 e. The molecule has 0 aliphatic carbocycles. The number of hydrogen-bond donors (Lipinski definition) is 1. The number of aryl methyl sites for hydroxylation is 4. The molecule has 0 aliphatic heterocycles. The van der Waals surface area contributed by atoms with Crippen LogP contribution in [0.2, 0.25) is 0 Å². The number of para-hydroxylation sites is 2. The summed E-state index contributed by atoms with van der Waals surface area (Å²) in [6, 6.07) is 20.9. The molecule has 25 heavy (non-hydrogen) atoms. The summed E-state index contributed by atoms with van der Waals surface area (Å²) in [6.45, 7) is 8.46. The highest BCUT2D eigenvalue weighted by molar-refractivity contribution is 5.92. The van der Waals surface area contributed by atoms with Crippen molar-refractivity contribution < 1.29 is 0 Å². The largest absolute Gasteiger partial charge is 0.355 e. The van der Waals surface area contributed by atoms with E-state index in [1.807, 2.05) is 24.4 Å². The van der Waals surface area contributed by atoms with Crippen LogP contribution in [-0.2, 0) is 0 Å². The van der Waals surface area contributed by atoms with E-state index >= 15 is 0 Å². The van der Waals surface area contributed by atoms with Crippen molar-refractivity contribution in [3.05, 3.63) is 88.5 Å². The summed E-state index contributed by atoms with van der Waals surface area (Å²) in [6.07, 6.45) is 1.97. The lowest BCUT2D eigenvalue weighted by Crippen LogP contribution is -1.99. The molecule has 0 fully saturated rings. The van der Waals surface area contributed by atoms with Gasteiger partial charge in [0, 0.05) is 17.5 Å². The van der Waals surface area contributed by atoms with Crippen molar-refractivity contribution in [2.24, 2.45) is 4.99 Å². The van der Waals surface area contributed by atoms with Crippen LogP contribution in [0.1, 0.15) is 27.8 Å². The van der Waals surface area contributed by atoms with Crippen LogP contribution < -0.4 is 5.32 Å². The molecule has 2 heteroatoms. The van der Waals surface area contributed by atoms with Crippen LogP contribution in [-0.4, -0.2) is 6.21 Å². The zero-order chi connectivity index (χ0) is 17.8. The van der Waals surface area contributed by atoms with Crippen molar-refractivity contribution in [1.82, 2.24) is 0 Å². The van der Waals surface area contributed by atoms with E-state index in [0.29, 0.717) is 0 Å². The molecule has 0 heterocycles. The highest BCUT2D eigenvalue weighted by Crippen LogP contribution is 2.27. The molecule has 0 saturated carbocycles. The van der Waals surface area contributed by atoms with Gasteiger partial charge in [0.15, 0.2) is 0 Å². The number of nitrogens with one attached hydrogen (secondary N) is 1. The molecule has 0 aliphatic rings. The molecular formula is C23H24N2. The fourth-order valence-electron chi connectivity index (χ4n) is 3.08. The van der Waals surface area contributed by atoms with Crippen LogP contribution in [0, 0.1) is 27.7 Å². The van der Waals surface area contributed by atoms with Gasteiger partial charge in [0.25, 0.3) is 0 Å². The van der Waals surface area contributed by atoms with Gasteiger partial charge < -0.3 is 5.32 Å². The van der Waals surface area contributed by atoms with Crippen LogP contribution >= 0.6 is 0 Å². The van der Waals surface area contributed by atoms with Crippen molar-refractivity contribution in [3.8, 4) is 0 Å². The SMILES string of the molecule is Cc1cc(C)c(Nc2ccccc2)c(C=Nc2c(C)cccc2C)c1. The van der Waals surface area contributed by atoms with E-state index in [9.17, 15) is 0 Å². The minimum Gasteiger partial charge on any atom is -0.355 e. The number of benzene rings is 3. The molecule has 3 aromatic carbocycles. The monoisotopic (exact) mass is 328 g/mol. The van der Waals surface area contributed by atoms with Gasteiger partial charge in [0.2, 0.25) is 0 Å². The van der Waals surface area contributed by atoms with Crippen molar-refractivity contribution in [2.75, 3.05) is 5.32 Å². The lowest BCUT2D eigenvalue weighted by molar-refractivity contribution is 1.32. The number of hydrogen-bond acceptors (Lipinski definition) is 2. The molecule has 1 N–H and O–H groups in total. The quantitative estimate of drug-likeness (QED) is 0.549. The zero-order valence-corrected chi connectivity index (χ0v) is 15.3. The molecule has 0 saturated heterocycles. The Kier molecular flexibility index (Phi) is 4.99. The maximum atomic E-state index is 4.80. The molecule has 0 amide bonds. The number of nitrogens with zero attached hydrogens (tertiary/aromatic N) is 1. The van der Waals surface area contributed by atoms with Gasteiger partial charge in [-0.05, 0) is 62.6 Å². The Balaban J connectivity index is 2.02. The summed E-state index contributed by atoms with van der Waals surface area (Å²) < 4.78 is 0. The van der Waals surface area contributed by atoms with Gasteiger partial charge in [-0.3, -0.25) is 4.99 Å². The summed E-state index contributed by atoms with van der Waals surface area (Å²) >= 11 is 0. The first-order valence-corrected chi connectivity index (χ1v) is 8.58. The van der Waals surface area contributed by atoms with Crippen molar-refractivity contribution in [2.45, 2.75) is 27.7 Å². The summed E-state index contributed by atoms with van der Waals surface area (Å²) in [5.41, 5.74) is 9.17. The first kappa shape index (κ1) is 17.0. The van der Waals surface area contributed by atoms with E-state index in [-0.39, 0.29) is 0 Å². The second-order valence-corrected chi connectivity index (χ2v) is 6.54. The molecule has 0 radical (unpaired) electrons. The van der Waals surface area contributed by atoms with E-state index in [1.54, 1.807) is 0 Å². The van der Waals surface area contributed by atoms with Crippen molar-refractivity contribution in [1.29, 1.82) is 0 Å². The average Bonchev–Trinajstić information content (AvgIpc) is 2.58. The Labute approximate surface area is 150 Å². The van der Waals surface area contributed by atoms with Crippen LogP contribution in [0.3, 0.4) is 0 Å². The third-order valence-corrected chi connectivity index (χ3v) is 4.33. The average molecular weight is 328 g/mol. The summed E-state index contributed by atoms with van der Waals surface area (Å²) in [7, 11) is 0. The maximum absolute atomic E-state index is 4.80. The molecule has 2 nitrogen and oxygen atoms in total. The summed E-state index contributed by atoms with van der Waals surface area (Å²) in [4.78, 5) is 4.80. The first-order chi connectivity index (χ1) is 12.0. The molecule has 0 aromatic heterocycles. The summed E-state index contributed by atoms with van der Waals surface area (Å²) in [5.74, 6) is 0. The standard InChI is InChI=1S/C23H24N2/c1-16-13-19(4)23(25-21-11-6-5-7-12-21)20(14-16)15-24-22-17(2)9-8-10-18(22)3/h5-15,25H,1-4H3. The Morgan fingerprint density at radius 1 is 0.760 bits per heavy atom. The van der Waals surface area contributed by atoms with E-state index in [4.69, 9.17) is 4.99 Å². The third-order valence-electron chi connectivity index (χ3n) is 4.33. The predicted octanol–water partition coefficient (Wildman–Crippen LogP) is 6.41. The lowest BCUT2D eigenvalue weighted by Gasteiger charge is -2.14. The third kappa shape index (κ3) is 3.97. The van der Waals surface area contributed by atoms with Crippen LogP contribution in [0.5, 0.6) is 0 Å². The first-order valence-electron chi connectivity index (χ1n) is 8.58. The summed E-state index contributed by atoms with van der Waals surface area (Å²) in [5, 5.41) is 3.54. The van der Waals surface area contributed by atoms with Crippen molar-refractivity contribution in [3.63, 3.8) is 0 Å². The van der Waals surface area contributed by atoms with E-state index < -0.39 is 0 Å². The van der Waals surface area contributed by atoms with E-state index in [1.165, 1.54) is 22.3 Å². The van der Waals surface area contributed by atoms with Crippen molar-refractivity contribution >= 4 is 23.3 Å². The highest BCUT2D eigenvalue weighted by atomic mass is 14.9. The minimum atomic E-state index is 1.05. The number of aliphatic imine (C=N–C) groups is 1. The second kappa shape index (κ2) is 7.35. The highest BCUT2D eigenvalue weighted by Gasteiger charge is 2.07. The van der Waals surface area contributed by atoms with Crippen LogP contribution in [0.4, 0.5) is 17.1 Å². The Bertz CT molecular complexity index is 889. The van der Waals surface area contributed by atoms with Gasteiger partial charge >= 0.3 is 0 Å². The normalized spacial score (nSPS) is 11.0. The number of rotatable bonds is 4. The van der Waals surface area contributed by atoms with Gasteiger partial charge in [-0.15, -0.1) is 0 Å². The lowest BCUT2D eigenvalue weighted by atomic mass is 10.0. The molecule has 0 spiro atoms. The smallest absolute Gasteiger partial charge is 0.0688 e. The van der Waals surface area contributed by atoms with Gasteiger partial charge in [-0.25, -0.2) is 0 Å². The van der Waals surface area contributed by atoms with E-state index in [0.717, 1.165) is 22.6 Å². The predicted molar refractivity (Wildman–Crippen MR) is 109 cm³/mol. The molecule has 3 aromatic rings. The van der Waals surface area contributed by atoms with Gasteiger partial charge in [0.05, 0.1) is 11.4 Å². The second-order valence-electron chi connectivity index (χ2n) is 6.54. The van der Waals surface area contributed by atoms with E-state index in [2.05, 4.69) is 75.5 Å². The molecule has 3 rings (SSSR count).